The predicted octanol–water partition coefficient (Wildman–Crippen LogP) is 8.58. The summed E-state index contributed by atoms with van der Waals surface area (Å²) >= 11 is 0. The number of benzene rings is 3. The second-order valence-corrected chi connectivity index (χ2v) is 9.22. The van der Waals surface area contributed by atoms with Crippen LogP contribution < -0.4 is 4.90 Å². The van der Waals surface area contributed by atoms with Gasteiger partial charge in [0.05, 0.1) is 0 Å². The van der Waals surface area contributed by atoms with E-state index in [1.165, 1.54) is 39.3 Å². The van der Waals surface area contributed by atoms with Gasteiger partial charge in [-0.1, -0.05) is 99.2 Å². The molecule has 0 radical (unpaired) electrons. The SMILES string of the molecule is CC1=CC=C(N(c2ccccc2)c2ccc(-c3ccc(C(C)(C)C)cc3)cc2)CC=C1. The van der Waals surface area contributed by atoms with E-state index >= 15 is 0 Å². The predicted molar refractivity (Wildman–Crippen MR) is 135 cm³/mol. The molecule has 0 atom stereocenters. The van der Waals surface area contributed by atoms with Crippen molar-refractivity contribution < 1.29 is 0 Å². The first-order valence-electron chi connectivity index (χ1n) is 11.0. The second kappa shape index (κ2) is 8.81. The van der Waals surface area contributed by atoms with Gasteiger partial charge in [-0.3, -0.25) is 0 Å². The monoisotopic (exact) mass is 405 g/mol. The molecule has 0 unspecified atom stereocenters. The van der Waals surface area contributed by atoms with Crippen molar-refractivity contribution in [3.05, 3.63) is 120 Å². The minimum absolute atomic E-state index is 0.173. The fourth-order valence-corrected chi connectivity index (χ4v) is 3.91. The average molecular weight is 406 g/mol. The van der Waals surface area contributed by atoms with Gasteiger partial charge < -0.3 is 4.90 Å². The maximum absolute atomic E-state index is 2.35. The molecule has 0 heterocycles. The zero-order chi connectivity index (χ0) is 21.8. The topological polar surface area (TPSA) is 3.24 Å². The second-order valence-electron chi connectivity index (χ2n) is 9.22. The molecule has 3 aromatic rings. The van der Waals surface area contributed by atoms with Gasteiger partial charge in [-0.15, -0.1) is 0 Å². The highest BCUT2D eigenvalue weighted by molar-refractivity contribution is 5.73. The van der Waals surface area contributed by atoms with Crippen LogP contribution in [0.1, 0.15) is 39.7 Å². The summed E-state index contributed by atoms with van der Waals surface area (Å²) in [6.45, 7) is 8.90. The molecule has 1 aliphatic carbocycles. The zero-order valence-corrected chi connectivity index (χ0v) is 19.0. The van der Waals surface area contributed by atoms with Gasteiger partial charge in [0.1, 0.15) is 0 Å². The molecule has 0 aromatic heterocycles. The van der Waals surface area contributed by atoms with Crippen LogP contribution in [-0.4, -0.2) is 0 Å². The lowest BCUT2D eigenvalue weighted by atomic mass is 9.86. The van der Waals surface area contributed by atoms with Crippen molar-refractivity contribution in [1.82, 2.24) is 0 Å². The molecule has 0 bridgehead atoms. The summed E-state index contributed by atoms with van der Waals surface area (Å²) < 4.78 is 0. The van der Waals surface area contributed by atoms with Crippen molar-refractivity contribution in [1.29, 1.82) is 0 Å². The van der Waals surface area contributed by atoms with E-state index in [0.29, 0.717) is 0 Å². The van der Waals surface area contributed by atoms with E-state index in [2.05, 4.69) is 136 Å². The third-order valence-electron chi connectivity index (χ3n) is 5.76. The molecule has 0 amide bonds. The van der Waals surface area contributed by atoms with Gasteiger partial charge in [0.2, 0.25) is 0 Å². The van der Waals surface area contributed by atoms with Gasteiger partial charge in [0.25, 0.3) is 0 Å². The summed E-state index contributed by atoms with van der Waals surface area (Å²) in [5.74, 6) is 0. The number of para-hydroxylation sites is 1. The van der Waals surface area contributed by atoms with E-state index < -0.39 is 0 Å². The highest BCUT2D eigenvalue weighted by Gasteiger charge is 2.15. The average Bonchev–Trinajstić information content (AvgIpc) is 2.99. The Kier molecular flexibility index (Phi) is 5.95. The summed E-state index contributed by atoms with van der Waals surface area (Å²) in [4.78, 5) is 2.35. The Balaban J connectivity index is 1.68. The quantitative estimate of drug-likeness (QED) is 0.420. The Morgan fingerprint density at radius 1 is 0.677 bits per heavy atom. The van der Waals surface area contributed by atoms with Gasteiger partial charge in [0, 0.05) is 23.5 Å². The first-order valence-corrected chi connectivity index (χ1v) is 11.0. The third kappa shape index (κ3) is 4.88. The van der Waals surface area contributed by atoms with E-state index in [4.69, 9.17) is 0 Å². The molecule has 156 valence electrons. The van der Waals surface area contributed by atoms with Gasteiger partial charge in [-0.05, 0) is 59.4 Å². The lowest BCUT2D eigenvalue weighted by molar-refractivity contribution is 0.590. The lowest BCUT2D eigenvalue weighted by Gasteiger charge is -2.27. The van der Waals surface area contributed by atoms with E-state index in [-0.39, 0.29) is 5.41 Å². The van der Waals surface area contributed by atoms with Crippen molar-refractivity contribution in [3.8, 4) is 11.1 Å². The number of anilines is 2. The number of rotatable bonds is 4. The smallest absolute Gasteiger partial charge is 0.0458 e. The summed E-state index contributed by atoms with van der Waals surface area (Å²) in [5.41, 5.74) is 8.92. The van der Waals surface area contributed by atoms with E-state index in [1.54, 1.807) is 0 Å². The molecule has 0 saturated carbocycles. The first-order chi connectivity index (χ1) is 14.9. The minimum atomic E-state index is 0.173. The Bertz CT molecular complexity index is 1110. The zero-order valence-electron chi connectivity index (χ0n) is 19.0. The maximum Gasteiger partial charge on any atom is 0.0458 e. The summed E-state index contributed by atoms with van der Waals surface area (Å²) in [6.07, 6.45) is 9.77. The fraction of sp³-hybridized carbons (Fsp3) is 0.200. The summed E-state index contributed by atoms with van der Waals surface area (Å²) in [6, 6.07) is 28.5. The first kappa shape index (κ1) is 20.9. The fourth-order valence-electron chi connectivity index (χ4n) is 3.91. The Hall–Kier alpha value is -3.32. The van der Waals surface area contributed by atoms with Crippen LogP contribution in [0.3, 0.4) is 0 Å². The van der Waals surface area contributed by atoms with E-state index in [9.17, 15) is 0 Å². The maximum atomic E-state index is 2.35. The Labute approximate surface area is 187 Å². The molecule has 0 aliphatic heterocycles. The van der Waals surface area contributed by atoms with Crippen LogP contribution in [0.15, 0.2) is 114 Å². The van der Waals surface area contributed by atoms with Gasteiger partial charge >= 0.3 is 0 Å². The Morgan fingerprint density at radius 3 is 1.87 bits per heavy atom. The van der Waals surface area contributed by atoms with E-state index in [0.717, 1.165) is 6.42 Å². The largest absolute Gasteiger partial charge is 0.314 e. The van der Waals surface area contributed by atoms with Gasteiger partial charge in [-0.25, -0.2) is 0 Å². The van der Waals surface area contributed by atoms with Crippen molar-refractivity contribution in [3.63, 3.8) is 0 Å². The van der Waals surface area contributed by atoms with E-state index in [1.807, 2.05) is 0 Å². The molecule has 1 nitrogen and oxygen atoms in total. The molecule has 0 saturated heterocycles. The van der Waals surface area contributed by atoms with Crippen LogP contribution in [0.4, 0.5) is 11.4 Å². The van der Waals surface area contributed by atoms with Gasteiger partial charge in [-0.2, -0.15) is 0 Å². The summed E-state index contributed by atoms with van der Waals surface area (Å²) in [7, 11) is 0. The summed E-state index contributed by atoms with van der Waals surface area (Å²) in [5, 5.41) is 0. The number of hydrogen-bond donors (Lipinski definition) is 0. The standard InChI is InChI=1S/C30H31N/c1-23-9-8-12-28(20-13-23)31(27-10-6-5-7-11-27)29-21-16-25(17-22-29)24-14-18-26(19-15-24)30(2,3)4/h5-11,13-22H,12H2,1-4H3. The van der Waals surface area contributed by atoms with Crippen LogP contribution in [0.2, 0.25) is 0 Å². The molecule has 31 heavy (non-hydrogen) atoms. The van der Waals surface area contributed by atoms with Crippen LogP contribution in [0.5, 0.6) is 0 Å². The van der Waals surface area contributed by atoms with Crippen LogP contribution in [-0.2, 0) is 5.41 Å². The molecule has 3 aromatic carbocycles. The molecular weight excluding hydrogens is 374 g/mol. The van der Waals surface area contributed by atoms with Crippen molar-refractivity contribution in [2.45, 2.75) is 39.5 Å². The molecule has 0 N–H and O–H groups in total. The highest BCUT2D eigenvalue weighted by atomic mass is 15.1. The van der Waals surface area contributed by atoms with Crippen molar-refractivity contribution in [2.75, 3.05) is 4.90 Å². The third-order valence-corrected chi connectivity index (χ3v) is 5.76. The lowest BCUT2D eigenvalue weighted by Crippen LogP contribution is -2.15. The molecule has 0 spiro atoms. The molecule has 4 rings (SSSR count). The van der Waals surface area contributed by atoms with Crippen molar-refractivity contribution >= 4 is 11.4 Å². The van der Waals surface area contributed by atoms with Crippen LogP contribution in [0, 0.1) is 0 Å². The number of nitrogens with zero attached hydrogens (tertiary/aromatic N) is 1. The molecule has 1 heteroatoms. The van der Waals surface area contributed by atoms with Crippen molar-refractivity contribution in [2.24, 2.45) is 0 Å². The van der Waals surface area contributed by atoms with Gasteiger partial charge in [0.15, 0.2) is 0 Å². The van der Waals surface area contributed by atoms with Crippen LogP contribution >= 0.6 is 0 Å². The minimum Gasteiger partial charge on any atom is -0.314 e. The Morgan fingerprint density at radius 2 is 1.26 bits per heavy atom. The van der Waals surface area contributed by atoms with Crippen LogP contribution in [0.25, 0.3) is 11.1 Å². The number of hydrogen-bond acceptors (Lipinski definition) is 1. The normalized spacial score (nSPS) is 13.9. The number of allylic oxidation sites excluding steroid dienone is 5. The molecule has 0 fully saturated rings. The molecular formula is C30H31N. The highest BCUT2D eigenvalue weighted by Crippen LogP contribution is 2.34. The molecule has 1 aliphatic rings.